The highest BCUT2D eigenvalue weighted by Crippen LogP contribution is 2.55. The number of benzene rings is 7. The first-order valence-corrected chi connectivity index (χ1v) is 47.7. The molecule has 0 atom stereocenters. The second-order valence-corrected chi connectivity index (χ2v) is 39.6. The average molecular weight is 1680 g/mol. The van der Waals surface area contributed by atoms with Crippen LogP contribution in [0.25, 0.3) is 0 Å². The highest BCUT2D eigenvalue weighted by atomic mass is 16.2. The molecule has 10 amide bonds. The number of amides is 10. The van der Waals surface area contributed by atoms with Crippen LogP contribution in [0, 0.1) is 23.7 Å². The molecule has 660 valence electrons. The van der Waals surface area contributed by atoms with Crippen molar-refractivity contribution >= 4 is 35.9 Å². The molecule has 124 heavy (non-hydrogen) atoms. The number of nitrogens with zero attached hydrogens (tertiary/aromatic N) is 10. The lowest BCUT2D eigenvalue weighted by atomic mass is 9.67. The first-order valence-electron chi connectivity index (χ1n) is 47.7. The summed E-state index contributed by atoms with van der Waals surface area (Å²) in [5.74, 6) is 2.51. The van der Waals surface area contributed by atoms with Gasteiger partial charge in [-0.3, -0.25) is 34.1 Å². The molecule has 19 rings (SSSR count). The van der Waals surface area contributed by atoms with E-state index < -0.39 is 11.1 Å². The molecule has 0 unspecified atom stereocenters. The lowest BCUT2D eigenvalue weighted by Crippen LogP contribution is -2.58. The van der Waals surface area contributed by atoms with Crippen molar-refractivity contribution in [2.75, 3.05) is 87.6 Å². The van der Waals surface area contributed by atoms with Crippen LogP contribution in [-0.4, -0.2) is 195 Å². The van der Waals surface area contributed by atoms with Crippen molar-refractivity contribution in [2.45, 2.75) is 258 Å². The Labute approximate surface area is 740 Å². The topological polar surface area (TPSA) is 159 Å². The van der Waals surface area contributed by atoms with Crippen molar-refractivity contribution in [1.82, 2.24) is 59.6 Å². The maximum Gasteiger partial charge on any atom is 0.327 e. The lowest BCUT2D eigenvalue weighted by molar-refractivity contribution is -0.137. The molecule has 18 heteroatoms. The third kappa shape index (κ3) is 17.1. The fourth-order valence-electron chi connectivity index (χ4n) is 24.0. The van der Waals surface area contributed by atoms with E-state index in [1.807, 2.05) is 89.6 Å². The quantitative estimate of drug-likeness (QED) is 0.0558. The van der Waals surface area contributed by atoms with Crippen LogP contribution in [0.1, 0.15) is 233 Å². The van der Waals surface area contributed by atoms with Gasteiger partial charge in [-0.05, 0) is 265 Å². The molecular weight excluding hydrogens is 1540 g/mol. The molecule has 12 aliphatic rings. The number of rotatable bonds is 24. The Hall–Kier alpha value is -9.20. The van der Waals surface area contributed by atoms with Crippen LogP contribution >= 0.6 is 0 Å². The Morgan fingerprint density at radius 3 is 1.01 bits per heavy atom. The highest BCUT2D eigenvalue weighted by Gasteiger charge is 2.63. The van der Waals surface area contributed by atoms with Gasteiger partial charge in [0, 0.05) is 68.0 Å². The minimum absolute atomic E-state index is 0.00319. The van der Waals surface area contributed by atoms with Crippen LogP contribution in [0.4, 0.5) is 19.2 Å². The number of urea groups is 4. The molecule has 18 nitrogen and oxygen atoms in total. The molecule has 4 saturated heterocycles. The molecule has 12 fully saturated rings. The largest absolute Gasteiger partial charge is 0.336 e. The second-order valence-electron chi connectivity index (χ2n) is 39.6. The van der Waals surface area contributed by atoms with Gasteiger partial charge in [-0.25, -0.2) is 19.2 Å². The van der Waals surface area contributed by atoms with Crippen LogP contribution in [0.15, 0.2) is 212 Å². The molecule has 8 saturated carbocycles. The van der Waals surface area contributed by atoms with E-state index in [1.165, 1.54) is 102 Å². The fourth-order valence-corrected chi connectivity index (χ4v) is 24.0. The van der Waals surface area contributed by atoms with E-state index in [2.05, 4.69) is 222 Å². The van der Waals surface area contributed by atoms with E-state index >= 15 is 0 Å². The van der Waals surface area contributed by atoms with Gasteiger partial charge in [0.05, 0.1) is 24.2 Å². The monoisotopic (exact) mass is 1680 g/mol. The van der Waals surface area contributed by atoms with Gasteiger partial charge in [-0.2, -0.15) is 0 Å². The summed E-state index contributed by atoms with van der Waals surface area (Å²) in [4.78, 5) is 102. The van der Waals surface area contributed by atoms with Crippen molar-refractivity contribution in [2.24, 2.45) is 23.7 Å². The Morgan fingerprint density at radius 2 is 0.661 bits per heavy atom. The molecule has 2 N–H and O–H groups in total. The van der Waals surface area contributed by atoms with E-state index in [9.17, 15) is 28.8 Å². The van der Waals surface area contributed by atoms with Crippen molar-refractivity contribution < 1.29 is 28.8 Å². The van der Waals surface area contributed by atoms with Crippen LogP contribution in [-0.2, 0) is 51.4 Å². The zero-order chi connectivity index (χ0) is 86.3. The number of hydrogen-bond donors (Lipinski definition) is 2. The SMILES string of the molecule is CCN(C)C1(c2ccccc2)CCC2(CC1)CN(Cc1ccccc1)C(=O)N2CC1CCC1.CCN(C)C1(c2ccccc2)CCC2(CC1)CNC(=O)N2CC1CCC1.CN(C)C1(c2ccccc2)CCC2(CC1)C(=O)N(Cc1ccccc1)C(=O)N2CC1CCC1.CNC1(c2ccccc2)CCC2(CC1)C(=O)N(Cc1ccccc1)C(=O)N2CC1CCC1. The maximum absolute atomic E-state index is 14.0. The minimum Gasteiger partial charge on any atom is -0.336 e. The Bertz CT molecular complexity index is 4700. The van der Waals surface area contributed by atoms with Gasteiger partial charge >= 0.3 is 24.1 Å². The summed E-state index contributed by atoms with van der Waals surface area (Å²) in [5, 5.41) is 6.73. The van der Waals surface area contributed by atoms with Gasteiger partial charge in [0.1, 0.15) is 11.1 Å². The smallest absolute Gasteiger partial charge is 0.327 e. The number of hydrogen-bond acceptors (Lipinski definition) is 10. The molecule has 4 heterocycles. The molecule has 7 aromatic rings. The summed E-state index contributed by atoms with van der Waals surface area (Å²) in [6, 6.07) is 73.8. The number of imide groups is 2. The molecule has 0 radical (unpaired) electrons. The summed E-state index contributed by atoms with van der Waals surface area (Å²) in [6.45, 7) is 13.1. The average Bonchev–Trinajstić information content (AvgIpc) is 1.53. The van der Waals surface area contributed by atoms with Crippen molar-refractivity contribution in [3.63, 3.8) is 0 Å². The minimum atomic E-state index is -0.699. The molecule has 8 aliphatic carbocycles. The first kappa shape index (κ1) is 88.2. The standard InChI is InChI=1S/C29H39N3O.C28H35N3O2.C27H33N3O2.C22H33N3O/c1-3-30(2)29(26-15-8-5-9-16-26)19-17-28(18-20-29)23-31(21-24-11-6-4-7-12-24)27(33)32(28)22-25-13-10-14-25;1-29(2)27(24-14-7-4-8-15-24)16-18-28(19-17-27)25(32)30(20-22-10-5-3-6-11-22)26(33)31(28)21-23-12-9-13-23;1-28-26(23-13-6-3-7-14-23)15-17-27(18-16-26)24(31)29(19-21-9-4-2-5-10-21)25(32)30(27)20-22-11-8-12-22;1-3-24(2)22(19-10-5-4-6-11-19)14-12-21(13-15-22)17-23-20(26)25(21)16-18-8-7-9-18/h4-9,11-12,15-16,25H,3,10,13-14,17-23H2,1-2H3;3-8,10-11,14-15,23H,9,12-13,16-21H2,1-2H3;2-7,9-10,13-14,22,28H,8,11-12,15-20H2,1H3;4-6,10-11,18H,3,7-9,12-17H2,1-2H3,(H,23,26). The van der Waals surface area contributed by atoms with Crippen LogP contribution in [0.3, 0.4) is 0 Å². The molecule has 0 aromatic heterocycles. The number of nitrogens with one attached hydrogen (secondary N) is 2. The van der Waals surface area contributed by atoms with E-state index in [1.54, 1.807) is 0 Å². The van der Waals surface area contributed by atoms with Gasteiger partial charge in [-0.15, -0.1) is 0 Å². The second kappa shape index (κ2) is 37.8. The molecule has 7 aromatic carbocycles. The summed E-state index contributed by atoms with van der Waals surface area (Å²) < 4.78 is 0. The van der Waals surface area contributed by atoms with Gasteiger partial charge in [0.2, 0.25) is 0 Å². The van der Waals surface area contributed by atoms with E-state index in [0.717, 1.165) is 159 Å². The molecule has 4 spiro atoms. The molecule has 4 aliphatic heterocycles. The van der Waals surface area contributed by atoms with E-state index in [4.69, 9.17) is 0 Å². The van der Waals surface area contributed by atoms with E-state index in [0.29, 0.717) is 63.1 Å². The van der Waals surface area contributed by atoms with Crippen molar-refractivity contribution in [3.8, 4) is 0 Å². The molecule has 0 bridgehead atoms. The zero-order valence-electron chi connectivity index (χ0n) is 75.5. The number of carbonyl (C=O) groups excluding carboxylic acids is 6. The summed E-state index contributed by atoms with van der Waals surface area (Å²) in [6.07, 6.45) is 30.0. The van der Waals surface area contributed by atoms with E-state index in [-0.39, 0.29) is 69.2 Å². The Kier molecular flexibility index (Phi) is 26.9. The predicted molar refractivity (Wildman–Crippen MR) is 493 cm³/mol. The van der Waals surface area contributed by atoms with Gasteiger partial charge in [0.15, 0.2) is 0 Å². The third-order valence-electron chi connectivity index (χ3n) is 33.3. The van der Waals surface area contributed by atoms with Crippen LogP contribution in [0.2, 0.25) is 0 Å². The first-order chi connectivity index (χ1) is 60.2. The maximum atomic E-state index is 14.0. The number of carbonyl (C=O) groups is 6. The Morgan fingerprint density at radius 1 is 0.347 bits per heavy atom. The van der Waals surface area contributed by atoms with Gasteiger partial charge < -0.3 is 35.1 Å². The summed E-state index contributed by atoms with van der Waals surface area (Å²) in [5.41, 5.74) is 7.20. The highest BCUT2D eigenvalue weighted by molar-refractivity contribution is 6.08. The molecular formula is C106H140N12O6. The summed E-state index contributed by atoms with van der Waals surface area (Å²) in [7, 11) is 10.8. The van der Waals surface area contributed by atoms with Crippen LogP contribution in [0.5, 0.6) is 0 Å². The van der Waals surface area contributed by atoms with Crippen molar-refractivity contribution in [1.29, 1.82) is 0 Å². The fraction of sp³-hybridized carbons (Fsp3) is 0.547. The van der Waals surface area contributed by atoms with Gasteiger partial charge in [-0.1, -0.05) is 252 Å². The normalized spacial score (nSPS) is 29.0. The van der Waals surface area contributed by atoms with Crippen LogP contribution < -0.4 is 10.6 Å². The predicted octanol–water partition coefficient (Wildman–Crippen LogP) is 19.6. The van der Waals surface area contributed by atoms with Crippen molar-refractivity contribution in [3.05, 3.63) is 251 Å². The van der Waals surface area contributed by atoms with Gasteiger partial charge in [0.25, 0.3) is 11.8 Å². The zero-order valence-corrected chi connectivity index (χ0v) is 75.5. The third-order valence-corrected chi connectivity index (χ3v) is 33.3. The lowest BCUT2D eigenvalue weighted by Gasteiger charge is -2.52. The summed E-state index contributed by atoms with van der Waals surface area (Å²) >= 11 is 0. The Balaban J connectivity index is 0.000000123.